The number of thioether (sulfide) groups is 1. The van der Waals surface area contributed by atoms with Crippen LogP contribution < -0.4 is 9.64 Å². The van der Waals surface area contributed by atoms with Gasteiger partial charge in [0.1, 0.15) is 12.4 Å². The molecule has 0 spiro atoms. The number of aliphatic hydroxyl groups is 1. The number of carboxylic acids is 1. The molecule has 0 saturated carbocycles. The van der Waals surface area contributed by atoms with E-state index in [1.54, 1.807) is 6.07 Å². The van der Waals surface area contributed by atoms with Crippen molar-refractivity contribution in [3.8, 4) is 5.75 Å². The molecule has 0 fully saturated rings. The number of hydrogen-bond donors (Lipinski definition) is 4. The highest BCUT2D eigenvalue weighted by atomic mass is 32.3. The van der Waals surface area contributed by atoms with Crippen molar-refractivity contribution in [1.29, 1.82) is 0 Å². The van der Waals surface area contributed by atoms with E-state index in [0.29, 0.717) is 22.9 Å². The standard InChI is InChI=1S/C24H33NO6S2/c1-4-5-11-24(2)15-25(17-9-7-6-8-10-17)18-12-21(32-3)20(31-14-19(26)23(27)28)13-22(18)33(29,30)16-24/h6-10,12-13,19,26,29-30H,4-5,11,14-16H2,1-3H3,(H,27,28)/t19-,24-/m0/s1. The van der Waals surface area contributed by atoms with E-state index in [9.17, 15) is 19.0 Å². The molecule has 1 aliphatic rings. The van der Waals surface area contributed by atoms with Gasteiger partial charge in [0.2, 0.25) is 0 Å². The number of carbonyl (C=O) groups is 1. The number of aliphatic hydroxyl groups excluding tert-OH is 1. The molecule has 0 aliphatic carbocycles. The normalized spacial score (nSPS) is 21.6. The van der Waals surface area contributed by atoms with Crippen molar-refractivity contribution in [2.45, 2.75) is 49.0 Å². The quantitative estimate of drug-likeness (QED) is 0.328. The zero-order valence-corrected chi connectivity index (χ0v) is 20.9. The highest BCUT2D eigenvalue weighted by molar-refractivity contribution is 8.24. The zero-order chi connectivity index (χ0) is 24.2. The van der Waals surface area contributed by atoms with Crippen LogP contribution in [-0.4, -0.2) is 56.6 Å². The van der Waals surface area contributed by atoms with Gasteiger partial charge in [0.05, 0.1) is 15.5 Å². The topological polar surface area (TPSA) is 110 Å². The Bertz CT molecular complexity index is 971. The maximum Gasteiger partial charge on any atom is 0.336 e. The molecular weight excluding hydrogens is 462 g/mol. The van der Waals surface area contributed by atoms with Crippen LogP contribution in [0, 0.1) is 5.41 Å². The van der Waals surface area contributed by atoms with Crippen LogP contribution >= 0.6 is 22.4 Å². The minimum Gasteiger partial charge on any atom is -0.489 e. The van der Waals surface area contributed by atoms with Crippen LogP contribution in [0.1, 0.15) is 33.1 Å². The summed E-state index contributed by atoms with van der Waals surface area (Å²) < 4.78 is 28.4. The molecule has 2 atom stereocenters. The molecule has 2 aromatic rings. The second kappa shape index (κ2) is 10.6. The molecule has 9 heteroatoms. The molecule has 4 N–H and O–H groups in total. The van der Waals surface area contributed by atoms with Crippen molar-refractivity contribution in [2.75, 3.05) is 30.1 Å². The van der Waals surface area contributed by atoms with Crippen molar-refractivity contribution in [3.63, 3.8) is 0 Å². The highest BCUT2D eigenvalue weighted by Gasteiger charge is 2.40. The van der Waals surface area contributed by atoms with Gasteiger partial charge in [-0.1, -0.05) is 44.9 Å². The molecule has 0 radical (unpaired) electrons. The third-order valence-electron chi connectivity index (χ3n) is 5.86. The molecule has 33 heavy (non-hydrogen) atoms. The number of fused-ring (bicyclic) bond motifs is 1. The number of anilines is 2. The fourth-order valence-corrected chi connectivity index (χ4v) is 6.90. The molecule has 2 aromatic carbocycles. The molecular formula is C24H33NO6S2. The number of nitrogens with zero attached hydrogens (tertiary/aromatic N) is 1. The predicted molar refractivity (Wildman–Crippen MR) is 134 cm³/mol. The van der Waals surface area contributed by atoms with Gasteiger partial charge in [-0.3, -0.25) is 9.11 Å². The Morgan fingerprint density at radius 3 is 2.58 bits per heavy atom. The Morgan fingerprint density at radius 1 is 1.27 bits per heavy atom. The molecule has 182 valence electrons. The SMILES string of the molecule is CCCC[C@@]1(C)CN(c2ccccc2)c2cc(SC)c(OC[C@H](O)C(=O)O)cc2S(O)(O)C1. The first kappa shape index (κ1) is 25.7. The summed E-state index contributed by atoms with van der Waals surface area (Å²) in [6.45, 7) is 4.43. The molecule has 1 heterocycles. The lowest BCUT2D eigenvalue weighted by atomic mass is 9.86. The molecule has 7 nitrogen and oxygen atoms in total. The second-order valence-electron chi connectivity index (χ2n) is 8.78. The molecule has 3 rings (SSSR count). The van der Waals surface area contributed by atoms with E-state index in [2.05, 4.69) is 18.7 Å². The first-order valence-corrected chi connectivity index (χ1v) is 13.9. The van der Waals surface area contributed by atoms with Crippen LogP contribution in [0.3, 0.4) is 0 Å². The average Bonchev–Trinajstić information content (AvgIpc) is 2.87. The maximum absolute atomic E-state index is 11.4. The molecule has 0 saturated heterocycles. The van der Waals surface area contributed by atoms with Crippen LogP contribution in [0.15, 0.2) is 52.3 Å². The third-order valence-corrected chi connectivity index (χ3v) is 8.75. The summed E-state index contributed by atoms with van der Waals surface area (Å²) in [5, 5.41) is 18.6. The van der Waals surface area contributed by atoms with Gasteiger partial charge in [0.25, 0.3) is 0 Å². The minimum atomic E-state index is -3.17. The Labute approximate surface area is 201 Å². The van der Waals surface area contributed by atoms with Crippen LogP contribution in [0.5, 0.6) is 5.75 Å². The van der Waals surface area contributed by atoms with Gasteiger partial charge in [-0.2, -0.15) is 10.6 Å². The number of aliphatic carboxylic acids is 1. The number of ether oxygens (including phenoxy) is 1. The lowest BCUT2D eigenvalue weighted by Gasteiger charge is -2.39. The highest BCUT2D eigenvalue weighted by Crippen LogP contribution is 2.61. The van der Waals surface area contributed by atoms with Gasteiger partial charge in [-0.15, -0.1) is 11.8 Å². The number of unbranched alkanes of at least 4 members (excludes halogenated alkanes) is 1. The van der Waals surface area contributed by atoms with E-state index in [1.807, 2.05) is 42.7 Å². The van der Waals surface area contributed by atoms with E-state index < -0.39 is 29.3 Å². The number of rotatable bonds is 9. The Kier molecular flexibility index (Phi) is 8.23. The average molecular weight is 496 g/mol. The molecule has 1 aliphatic heterocycles. The molecule has 0 amide bonds. The number of hydrogen-bond acceptors (Lipinski definition) is 7. The fraction of sp³-hybridized carbons (Fsp3) is 0.458. The minimum absolute atomic E-state index is 0.228. The second-order valence-corrected chi connectivity index (χ2v) is 11.7. The predicted octanol–water partition coefficient (Wildman–Crippen LogP) is 5.69. The van der Waals surface area contributed by atoms with E-state index in [1.165, 1.54) is 11.8 Å². The Hall–Kier alpha value is -1.91. The fourth-order valence-electron chi connectivity index (χ4n) is 4.18. The Morgan fingerprint density at radius 2 is 1.97 bits per heavy atom. The zero-order valence-electron chi connectivity index (χ0n) is 19.2. The van der Waals surface area contributed by atoms with E-state index in [4.69, 9.17) is 9.84 Å². The lowest BCUT2D eigenvalue weighted by molar-refractivity contribution is -0.148. The van der Waals surface area contributed by atoms with Crippen molar-refractivity contribution in [1.82, 2.24) is 0 Å². The largest absolute Gasteiger partial charge is 0.489 e. The van der Waals surface area contributed by atoms with Crippen LogP contribution in [0.2, 0.25) is 0 Å². The summed E-state index contributed by atoms with van der Waals surface area (Å²) >= 11 is 1.41. The monoisotopic (exact) mass is 495 g/mol. The first-order chi connectivity index (χ1) is 15.6. The van der Waals surface area contributed by atoms with Crippen LogP contribution in [-0.2, 0) is 4.79 Å². The number of carboxylic acid groups (broad SMARTS) is 1. The van der Waals surface area contributed by atoms with Gasteiger partial charge in [-0.25, -0.2) is 4.79 Å². The van der Waals surface area contributed by atoms with Crippen LogP contribution in [0.25, 0.3) is 0 Å². The van der Waals surface area contributed by atoms with Gasteiger partial charge in [-0.05, 0) is 30.9 Å². The smallest absolute Gasteiger partial charge is 0.336 e. The van der Waals surface area contributed by atoms with Crippen molar-refractivity contribution in [3.05, 3.63) is 42.5 Å². The summed E-state index contributed by atoms with van der Waals surface area (Å²) in [4.78, 5) is 14.2. The Balaban J connectivity index is 2.13. The summed E-state index contributed by atoms with van der Waals surface area (Å²) in [7, 11) is -3.17. The van der Waals surface area contributed by atoms with Crippen molar-refractivity contribution >= 4 is 39.7 Å². The van der Waals surface area contributed by atoms with Gasteiger partial charge in [0.15, 0.2) is 6.10 Å². The van der Waals surface area contributed by atoms with E-state index >= 15 is 0 Å². The summed E-state index contributed by atoms with van der Waals surface area (Å²) in [5.74, 6) is -0.819. The lowest BCUT2D eigenvalue weighted by Crippen LogP contribution is -2.35. The first-order valence-electron chi connectivity index (χ1n) is 10.9. The van der Waals surface area contributed by atoms with Gasteiger partial charge < -0.3 is 19.8 Å². The van der Waals surface area contributed by atoms with Crippen molar-refractivity contribution in [2.24, 2.45) is 5.41 Å². The maximum atomic E-state index is 11.4. The van der Waals surface area contributed by atoms with E-state index in [0.717, 1.165) is 29.8 Å². The molecule has 0 unspecified atom stereocenters. The van der Waals surface area contributed by atoms with Gasteiger partial charge >= 0.3 is 5.97 Å². The van der Waals surface area contributed by atoms with Gasteiger partial charge in [0, 0.05) is 29.5 Å². The summed E-state index contributed by atoms with van der Waals surface area (Å²) in [6.07, 6.45) is 3.07. The molecule has 0 bridgehead atoms. The van der Waals surface area contributed by atoms with Crippen molar-refractivity contribution < 1.29 is 28.8 Å². The molecule has 0 aromatic heterocycles. The van der Waals surface area contributed by atoms with Crippen LogP contribution in [0.4, 0.5) is 11.4 Å². The van der Waals surface area contributed by atoms with E-state index in [-0.39, 0.29) is 11.2 Å². The summed E-state index contributed by atoms with van der Waals surface area (Å²) in [6, 6.07) is 13.4. The number of para-hydroxylation sites is 1. The summed E-state index contributed by atoms with van der Waals surface area (Å²) in [5.41, 5.74) is 1.33. The third kappa shape index (κ3) is 5.96. The number of benzene rings is 2.